The average molecular weight is 554 g/mol. The van der Waals surface area contributed by atoms with Gasteiger partial charge in [0.25, 0.3) is 11.6 Å². The molecule has 0 saturated heterocycles. The third kappa shape index (κ3) is 5.84. The number of anilines is 1. The van der Waals surface area contributed by atoms with Gasteiger partial charge in [-0.2, -0.15) is 10.2 Å². The molecule has 1 atom stereocenters. The Bertz CT molecular complexity index is 1590. The van der Waals surface area contributed by atoms with Gasteiger partial charge in [0.2, 0.25) is 0 Å². The lowest BCUT2D eigenvalue weighted by molar-refractivity contribution is -0.385. The molecule has 4 aromatic rings. The normalized spacial score (nSPS) is 14.7. The van der Waals surface area contributed by atoms with Crippen LogP contribution in [0.4, 0.5) is 11.4 Å². The number of nitro benzene ring substituents is 1. The summed E-state index contributed by atoms with van der Waals surface area (Å²) >= 11 is 6.09. The molecule has 1 N–H and O–H groups in total. The van der Waals surface area contributed by atoms with Crippen LogP contribution in [0.2, 0.25) is 5.02 Å². The predicted molar refractivity (Wildman–Crippen MR) is 155 cm³/mol. The summed E-state index contributed by atoms with van der Waals surface area (Å²) in [5.74, 6) is 0.119. The predicted octanol–water partition coefficient (Wildman–Crippen LogP) is 6.38. The first-order valence-corrected chi connectivity index (χ1v) is 12.7. The van der Waals surface area contributed by atoms with Crippen molar-refractivity contribution in [3.8, 4) is 5.75 Å². The Balaban J connectivity index is 1.35. The summed E-state index contributed by atoms with van der Waals surface area (Å²) in [6.07, 6.45) is 2.18. The number of ether oxygens (including phenoxy) is 1. The number of hydrogen-bond donors (Lipinski definition) is 1. The molecule has 0 aromatic heterocycles. The van der Waals surface area contributed by atoms with Crippen molar-refractivity contribution in [2.75, 3.05) is 12.1 Å². The number of rotatable bonds is 8. The van der Waals surface area contributed by atoms with Crippen LogP contribution >= 0.6 is 11.6 Å². The number of methoxy groups -OCH3 is 1. The lowest BCUT2D eigenvalue weighted by Crippen LogP contribution is -2.19. The van der Waals surface area contributed by atoms with Gasteiger partial charge >= 0.3 is 0 Å². The average Bonchev–Trinajstić information content (AvgIpc) is 3.43. The zero-order valence-corrected chi connectivity index (χ0v) is 22.2. The quantitative estimate of drug-likeness (QED) is 0.155. The molecule has 1 heterocycles. The topological polar surface area (TPSA) is 109 Å². The molecule has 1 amide bonds. The van der Waals surface area contributed by atoms with Crippen molar-refractivity contribution < 1.29 is 14.5 Å². The minimum atomic E-state index is -0.663. The van der Waals surface area contributed by atoms with Gasteiger partial charge < -0.3 is 4.74 Å². The lowest BCUT2D eigenvalue weighted by Gasteiger charge is -2.24. The fraction of sp³-hybridized carbons (Fsp3) is 0.100. The van der Waals surface area contributed by atoms with E-state index in [1.165, 1.54) is 24.4 Å². The first-order chi connectivity index (χ1) is 19.4. The standard InChI is InChI=1S/C30H24ClN5O4/c1-40-25-16-10-22(11-17-25)29-18-27(21-8-12-23(31)13-9-21)34-35(29)24-14-6-20(7-15-24)19-32-33-30(37)26-4-2-3-5-28(26)36(38)39/h2-17,19,29H,18H2,1H3,(H,33,37). The van der Waals surface area contributed by atoms with E-state index in [0.29, 0.717) is 11.4 Å². The van der Waals surface area contributed by atoms with E-state index in [1.807, 2.05) is 77.8 Å². The summed E-state index contributed by atoms with van der Waals surface area (Å²) in [6.45, 7) is 0. The van der Waals surface area contributed by atoms with Gasteiger partial charge in [0.1, 0.15) is 11.3 Å². The van der Waals surface area contributed by atoms with Crippen molar-refractivity contribution in [3.05, 3.63) is 134 Å². The Kier molecular flexibility index (Phi) is 7.84. The van der Waals surface area contributed by atoms with Crippen molar-refractivity contribution in [1.82, 2.24) is 5.43 Å². The van der Waals surface area contributed by atoms with Gasteiger partial charge in [0.15, 0.2) is 0 Å². The minimum absolute atomic E-state index is 0.0305. The molecule has 9 nitrogen and oxygen atoms in total. The van der Waals surface area contributed by atoms with E-state index in [2.05, 4.69) is 10.5 Å². The van der Waals surface area contributed by atoms with Crippen LogP contribution in [-0.4, -0.2) is 29.9 Å². The molecular formula is C30H24ClN5O4. The van der Waals surface area contributed by atoms with Gasteiger partial charge in [-0.15, -0.1) is 0 Å². The second-order valence-electron chi connectivity index (χ2n) is 8.96. The van der Waals surface area contributed by atoms with Crippen LogP contribution in [0.5, 0.6) is 5.75 Å². The Morgan fingerprint density at radius 3 is 2.42 bits per heavy atom. The number of carbonyl (C=O) groups excluding carboxylic acids is 1. The van der Waals surface area contributed by atoms with Crippen LogP contribution in [0.1, 0.15) is 39.5 Å². The molecule has 0 fully saturated rings. The fourth-order valence-corrected chi connectivity index (χ4v) is 4.54. The van der Waals surface area contributed by atoms with Gasteiger partial charge in [-0.25, -0.2) is 5.43 Å². The number of benzene rings is 4. The van der Waals surface area contributed by atoms with Crippen molar-refractivity contribution in [2.45, 2.75) is 12.5 Å². The van der Waals surface area contributed by atoms with Crippen molar-refractivity contribution >= 4 is 40.8 Å². The first kappa shape index (κ1) is 26.6. The Hall–Kier alpha value is -5.02. The van der Waals surface area contributed by atoms with Crippen LogP contribution in [0.15, 0.2) is 107 Å². The monoisotopic (exact) mass is 553 g/mol. The van der Waals surface area contributed by atoms with E-state index >= 15 is 0 Å². The molecule has 10 heteroatoms. The van der Waals surface area contributed by atoms with E-state index < -0.39 is 10.8 Å². The number of amides is 1. The molecular weight excluding hydrogens is 530 g/mol. The number of halogens is 1. The summed E-state index contributed by atoms with van der Waals surface area (Å²) < 4.78 is 5.32. The molecule has 200 valence electrons. The van der Waals surface area contributed by atoms with Crippen molar-refractivity contribution in [3.63, 3.8) is 0 Å². The number of hydrazone groups is 2. The van der Waals surface area contributed by atoms with Gasteiger partial charge in [0.05, 0.1) is 35.7 Å². The molecule has 0 bridgehead atoms. The highest BCUT2D eigenvalue weighted by atomic mass is 35.5. The molecule has 4 aromatic carbocycles. The third-order valence-corrected chi connectivity index (χ3v) is 6.72. The maximum Gasteiger partial charge on any atom is 0.282 e. The highest BCUT2D eigenvalue weighted by Gasteiger charge is 2.30. The van der Waals surface area contributed by atoms with Crippen molar-refractivity contribution in [2.24, 2.45) is 10.2 Å². The molecule has 0 aliphatic carbocycles. The summed E-state index contributed by atoms with van der Waals surface area (Å²) in [7, 11) is 1.64. The highest BCUT2D eigenvalue weighted by Crippen LogP contribution is 2.37. The molecule has 1 unspecified atom stereocenters. The summed E-state index contributed by atoms with van der Waals surface area (Å²) in [4.78, 5) is 23.0. The van der Waals surface area contributed by atoms with E-state index in [-0.39, 0.29) is 17.3 Å². The fourth-order valence-electron chi connectivity index (χ4n) is 4.41. The van der Waals surface area contributed by atoms with Crippen LogP contribution in [0, 0.1) is 10.1 Å². The summed E-state index contributed by atoms with van der Waals surface area (Å²) in [6, 6.07) is 28.8. The smallest absolute Gasteiger partial charge is 0.282 e. The molecule has 1 aliphatic rings. The molecule has 0 radical (unpaired) electrons. The summed E-state index contributed by atoms with van der Waals surface area (Å²) in [5.41, 5.74) is 6.66. The van der Waals surface area contributed by atoms with E-state index in [4.69, 9.17) is 21.4 Å². The highest BCUT2D eigenvalue weighted by molar-refractivity contribution is 6.30. The Morgan fingerprint density at radius 2 is 1.75 bits per heavy atom. The van der Waals surface area contributed by atoms with Crippen molar-refractivity contribution in [1.29, 1.82) is 0 Å². The number of nitro groups is 1. The Morgan fingerprint density at radius 1 is 1.05 bits per heavy atom. The van der Waals surface area contributed by atoms with Crippen LogP contribution in [-0.2, 0) is 0 Å². The van der Waals surface area contributed by atoms with Gasteiger partial charge in [-0.05, 0) is 59.2 Å². The van der Waals surface area contributed by atoms with Gasteiger partial charge in [-0.1, -0.05) is 60.1 Å². The van der Waals surface area contributed by atoms with Crippen LogP contribution in [0.3, 0.4) is 0 Å². The second-order valence-corrected chi connectivity index (χ2v) is 9.39. The molecule has 1 aliphatic heterocycles. The van der Waals surface area contributed by atoms with E-state index in [1.54, 1.807) is 13.2 Å². The second kappa shape index (κ2) is 11.8. The largest absolute Gasteiger partial charge is 0.497 e. The van der Waals surface area contributed by atoms with Crippen LogP contribution < -0.4 is 15.2 Å². The number of nitrogens with one attached hydrogen (secondary N) is 1. The minimum Gasteiger partial charge on any atom is -0.497 e. The number of hydrogen-bond acceptors (Lipinski definition) is 7. The zero-order chi connectivity index (χ0) is 28.1. The first-order valence-electron chi connectivity index (χ1n) is 12.4. The van der Waals surface area contributed by atoms with E-state index in [9.17, 15) is 14.9 Å². The number of carbonyl (C=O) groups is 1. The van der Waals surface area contributed by atoms with E-state index in [0.717, 1.165) is 33.8 Å². The molecule has 0 saturated carbocycles. The molecule has 40 heavy (non-hydrogen) atoms. The maximum absolute atomic E-state index is 12.4. The third-order valence-electron chi connectivity index (χ3n) is 6.47. The lowest BCUT2D eigenvalue weighted by atomic mass is 9.98. The van der Waals surface area contributed by atoms with Gasteiger partial charge in [0, 0.05) is 17.5 Å². The SMILES string of the molecule is COc1ccc(C2CC(c3ccc(Cl)cc3)=NN2c2ccc(C=NNC(=O)c3ccccc3[N+](=O)[O-])cc2)cc1. The van der Waals surface area contributed by atoms with Crippen LogP contribution in [0.25, 0.3) is 0 Å². The molecule has 0 spiro atoms. The Labute approximate surface area is 235 Å². The number of para-hydroxylation sites is 1. The maximum atomic E-state index is 12.4. The molecule has 5 rings (SSSR count). The zero-order valence-electron chi connectivity index (χ0n) is 21.4. The summed E-state index contributed by atoms with van der Waals surface area (Å²) in [5, 5.41) is 22.8. The number of nitrogens with zero attached hydrogens (tertiary/aromatic N) is 4. The van der Waals surface area contributed by atoms with Gasteiger partial charge in [-0.3, -0.25) is 19.9 Å².